The summed E-state index contributed by atoms with van der Waals surface area (Å²) < 4.78 is 50.2. The average molecular weight is 448 g/mol. The van der Waals surface area contributed by atoms with Crippen LogP contribution in [0.25, 0.3) is 11.0 Å². The highest BCUT2D eigenvalue weighted by Gasteiger charge is 2.38. The van der Waals surface area contributed by atoms with Crippen LogP contribution in [0.1, 0.15) is 36.3 Å². The molecule has 0 aliphatic heterocycles. The van der Waals surface area contributed by atoms with Gasteiger partial charge in [0.1, 0.15) is 5.75 Å². The van der Waals surface area contributed by atoms with Crippen LogP contribution < -0.4 is 4.74 Å². The van der Waals surface area contributed by atoms with Crippen LogP contribution in [0, 0.1) is 0 Å². The number of fused-ring (bicyclic) bond motifs is 1. The van der Waals surface area contributed by atoms with Crippen LogP contribution in [-0.2, 0) is 17.4 Å². The standard InChI is InChI=1S/C19H14Cl2F3NO4/c1-2-5-10-14-11(17(25-29-14)19(22,23)24)8-13(21)15(10)28-16(18(26)27)9-6-3-4-7-12(9)20/h3-4,6-8,16H,2,5H2,1H3,(H,26,27). The van der Waals surface area contributed by atoms with E-state index in [-0.39, 0.29) is 44.3 Å². The Labute approximate surface area is 172 Å². The fourth-order valence-corrected chi connectivity index (χ4v) is 3.45. The smallest absolute Gasteiger partial charge is 0.437 e. The van der Waals surface area contributed by atoms with E-state index in [0.717, 1.165) is 6.07 Å². The van der Waals surface area contributed by atoms with Crippen molar-refractivity contribution in [2.24, 2.45) is 0 Å². The zero-order chi connectivity index (χ0) is 21.3. The number of carboxylic acid groups (broad SMARTS) is 1. The molecule has 1 unspecified atom stereocenters. The van der Waals surface area contributed by atoms with Crippen molar-refractivity contribution in [3.8, 4) is 5.75 Å². The van der Waals surface area contributed by atoms with E-state index in [2.05, 4.69) is 5.16 Å². The third-order valence-electron chi connectivity index (χ3n) is 4.18. The van der Waals surface area contributed by atoms with Gasteiger partial charge >= 0.3 is 12.1 Å². The van der Waals surface area contributed by atoms with Gasteiger partial charge in [0, 0.05) is 16.1 Å². The van der Waals surface area contributed by atoms with Gasteiger partial charge in [0.05, 0.1) is 10.4 Å². The highest BCUT2D eigenvalue weighted by molar-refractivity contribution is 6.33. The summed E-state index contributed by atoms with van der Waals surface area (Å²) in [6, 6.07) is 7.20. The number of ether oxygens (including phenoxy) is 1. The Morgan fingerprint density at radius 3 is 2.55 bits per heavy atom. The number of aromatic nitrogens is 1. The number of hydrogen-bond acceptors (Lipinski definition) is 4. The molecule has 0 amide bonds. The van der Waals surface area contributed by atoms with E-state index in [4.69, 9.17) is 32.5 Å². The second kappa shape index (κ2) is 8.12. The van der Waals surface area contributed by atoms with Crippen LogP contribution in [0.15, 0.2) is 34.9 Å². The Morgan fingerprint density at radius 1 is 1.28 bits per heavy atom. The van der Waals surface area contributed by atoms with Crippen LogP contribution in [0.5, 0.6) is 5.75 Å². The molecule has 0 aliphatic carbocycles. The van der Waals surface area contributed by atoms with Crippen molar-refractivity contribution < 1.29 is 32.3 Å². The van der Waals surface area contributed by atoms with Crippen molar-refractivity contribution in [3.63, 3.8) is 0 Å². The molecule has 1 aromatic heterocycles. The Kier molecular flexibility index (Phi) is 5.95. The second-order valence-corrected chi connectivity index (χ2v) is 6.99. The van der Waals surface area contributed by atoms with Crippen LogP contribution >= 0.6 is 23.2 Å². The van der Waals surface area contributed by atoms with E-state index < -0.39 is 23.9 Å². The molecule has 2 aromatic carbocycles. The highest BCUT2D eigenvalue weighted by Crippen LogP contribution is 2.43. The SMILES string of the molecule is CCCc1c(OC(C(=O)O)c2ccccc2Cl)c(Cl)cc2c(C(F)(F)F)noc12. The number of alkyl halides is 3. The van der Waals surface area contributed by atoms with Crippen molar-refractivity contribution >= 4 is 40.1 Å². The maximum Gasteiger partial charge on any atom is 0.437 e. The first-order valence-corrected chi connectivity index (χ1v) is 9.22. The number of benzene rings is 2. The Balaban J connectivity index is 2.18. The molecule has 3 aromatic rings. The lowest BCUT2D eigenvalue weighted by Crippen LogP contribution is -2.19. The molecule has 154 valence electrons. The van der Waals surface area contributed by atoms with Crippen LogP contribution in [0.2, 0.25) is 10.0 Å². The first-order valence-electron chi connectivity index (χ1n) is 8.47. The molecule has 0 radical (unpaired) electrons. The lowest BCUT2D eigenvalue weighted by atomic mass is 10.0. The van der Waals surface area contributed by atoms with Gasteiger partial charge in [-0.2, -0.15) is 13.2 Å². The van der Waals surface area contributed by atoms with E-state index >= 15 is 0 Å². The minimum Gasteiger partial charge on any atom is -0.478 e. The van der Waals surface area contributed by atoms with Crippen LogP contribution in [-0.4, -0.2) is 16.2 Å². The van der Waals surface area contributed by atoms with Crippen LogP contribution in [0.3, 0.4) is 0 Å². The number of aliphatic carboxylic acids is 1. The summed E-state index contributed by atoms with van der Waals surface area (Å²) in [5.74, 6) is -1.43. The van der Waals surface area contributed by atoms with Crippen molar-refractivity contribution in [1.29, 1.82) is 0 Å². The third kappa shape index (κ3) is 4.13. The average Bonchev–Trinajstić information content (AvgIpc) is 3.06. The molecule has 0 saturated heterocycles. The quantitative estimate of drug-likeness (QED) is 0.479. The molecule has 0 aliphatic rings. The van der Waals surface area contributed by atoms with E-state index in [9.17, 15) is 23.1 Å². The summed E-state index contributed by atoms with van der Waals surface area (Å²) in [5, 5.41) is 12.4. The summed E-state index contributed by atoms with van der Waals surface area (Å²) in [7, 11) is 0. The molecule has 0 spiro atoms. The fraction of sp³-hybridized carbons (Fsp3) is 0.263. The summed E-state index contributed by atoms with van der Waals surface area (Å²) >= 11 is 12.3. The number of halogens is 5. The molecule has 5 nitrogen and oxygen atoms in total. The van der Waals surface area contributed by atoms with Crippen molar-refractivity contribution in [3.05, 3.63) is 57.2 Å². The maximum absolute atomic E-state index is 13.2. The molecule has 1 N–H and O–H groups in total. The van der Waals surface area contributed by atoms with Gasteiger partial charge in [-0.15, -0.1) is 0 Å². The Bertz CT molecular complexity index is 1070. The van der Waals surface area contributed by atoms with Crippen LogP contribution in [0.4, 0.5) is 13.2 Å². The normalized spacial score (nSPS) is 12.9. The monoisotopic (exact) mass is 447 g/mol. The zero-order valence-electron chi connectivity index (χ0n) is 14.9. The first kappa shape index (κ1) is 21.3. The number of aryl methyl sites for hydroxylation is 1. The lowest BCUT2D eigenvalue weighted by Gasteiger charge is -2.20. The van der Waals surface area contributed by atoms with E-state index in [1.165, 1.54) is 12.1 Å². The molecule has 0 saturated carbocycles. The summed E-state index contributed by atoms with van der Waals surface area (Å²) in [5.41, 5.74) is -0.980. The Hall–Kier alpha value is -2.45. The summed E-state index contributed by atoms with van der Waals surface area (Å²) in [4.78, 5) is 11.8. The molecular weight excluding hydrogens is 434 g/mol. The second-order valence-electron chi connectivity index (χ2n) is 6.18. The molecular formula is C19H14Cl2F3NO4. The maximum atomic E-state index is 13.2. The van der Waals surface area contributed by atoms with Gasteiger partial charge < -0.3 is 14.4 Å². The molecule has 1 heterocycles. The molecule has 0 fully saturated rings. The largest absolute Gasteiger partial charge is 0.478 e. The minimum absolute atomic E-state index is 0.0850. The van der Waals surface area contributed by atoms with Crippen molar-refractivity contribution in [1.82, 2.24) is 5.16 Å². The summed E-state index contributed by atoms with van der Waals surface area (Å²) in [6.07, 6.45) is -5.52. The van der Waals surface area contributed by atoms with Gasteiger partial charge in [-0.3, -0.25) is 0 Å². The number of carboxylic acids is 1. The topological polar surface area (TPSA) is 72.6 Å². The first-order chi connectivity index (χ1) is 13.6. The number of nitrogens with zero attached hydrogens (tertiary/aromatic N) is 1. The van der Waals surface area contributed by atoms with E-state index in [1.807, 2.05) is 0 Å². The fourth-order valence-electron chi connectivity index (χ4n) is 2.95. The van der Waals surface area contributed by atoms with Crippen molar-refractivity contribution in [2.75, 3.05) is 0 Å². The van der Waals surface area contributed by atoms with E-state index in [1.54, 1.807) is 19.1 Å². The number of hydrogen-bond donors (Lipinski definition) is 1. The predicted octanol–water partition coefficient (Wildman–Crippen LogP) is 6.31. The molecule has 29 heavy (non-hydrogen) atoms. The van der Waals surface area contributed by atoms with Gasteiger partial charge in [0.15, 0.2) is 11.3 Å². The summed E-state index contributed by atoms with van der Waals surface area (Å²) in [6.45, 7) is 1.79. The zero-order valence-corrected chi connectivity index (χ0v) is 16.4. The van der Waals surface area contributed by atoms with E-state index in [0.29, 0.717) is 6.42 Å². The van der Waals surface area contributed by atoms with Gasteiger partial charge in [0.25, 0.3) is 0 Å². The lowest BCUT2D eigenvalue weighted by molar-refractivity contribution is -0.145. The predicted molar refractivity (Wildman–Crippen MR) is 100 cm³/mol. The van der Waals surface area contributed by atoms with Crippen molar-refractivity contribution in [2.45, 2.75) is 32.0 Å². The number of carbonyl (C=O) groups is 1. The highest BCUT2D eigenvalue weighted by atomic mass is 35.5. The van der Waals surface area contributed by atoms with Gasteiger partial charge in [-0.05, 0) is 18.6 Å². The third-order valence-corrected chi connectivity index (χ3v) is 4.81. The van der Waals surface area contributed by atoms with Gasteiger partial charge in [-0.1, -0.05) is 59.9 Å². The number of rotatable bonds is 6. The van der Waals surface area contributed by atoms with Gasteiger partial charge in [0.2, 0.25) is 6.10 Å². The minimum atomic E-state index is -4.73. The molecule has 0 bridgehead atoms. The molecule has 1 atom stereocenters. The molecule has 3 rings (SSSR count). The van der Waals surface area contributed by atoms with Gasteiger partial charge in [-0.25, -0.2) is 4.79 Å². The Morgan fingerprint density at radius 2 is 1.97 bits per heavy atom. The molecule has 10 heteroatoms.